The van der Waals surface area contributed by atoms with Crippen molar-refractivity contribution in [3.63, 3.8) is 0 Å². The molecule has 0 heterocycles. The first-order chi connectivity index (χ1) is 10.0. The first-order valence-corrected chi connectivity index (χ1v) is 7.62. The minimum atomic E-state index is 0.649. The first kappa shape index (κ1) is 16.0. The fourth-order valence-electron chi connectivity index (χ4n) is 2.15. The number of aryl methyl sites for hydroxylation is 1. The molecule has 0 atom stereocenters. The Labute approximate surface area is 138 Å². The maximum atomic E-state index is 6.08. The molecule has 0 saturated heterocycles. The van der Waals surface area contributed by atoms with Crippen molar-refractivity contribution in [2.75, 3.05) is 19.5 Å². The Morgan fingerprint density at radius 1 is 1.14 bits per heavy atom. The maximum absolute atomic E-state index is 6.08. The molecule has 0 aliphatic heterocycles. The standard InChI is InChI=1S/C16H17BrClNO2/c1-10-6-11(4-5-15(10)20-2)9-19-14-8-12(18)7-13(17)16(14)21-3/h4-8,19H,9H2,1-3H3. The van der Waals surface area contributed by atoms with Crippen LogP contribution in [0.5, 0.6) is 11.5 Å². The molecule has 21 heavy (non-hydrogen) atoms. The van der Waals surface area contributed by atoms with Crippen molar-refractivity contribution in [3.8, 4) is 11.5 Å². The molecule has 0 radical (unpaired) electrons. The van der Waals surface area contributed by atoms with Gasteiger partial charge in [0.15, 0.2) is 5.75 Å². The summed E-state index contributed by atoms with van der Waals surface area (Å²) < 4.78 is 11.5. The Bertz CT molecular complexity index is 646. The normalized spacial score (nSPS) is 10.3. The van der Waals surface area contributed by atoms with Gasteiger partial charge in [0, 0.05) is 11.6 Å². The molecule has 112 valence electrons. The lowest BCUT2D eigenvalue weighted by molar-refractivity contribution is 0.411. The molecule has 3 nitrogen and oxygen atoms in total. The topological polar surface area (TPSA) is 30.5 Å². The van der Waals surface area contributed by atoms with Gasteiger partial charge in [-0.25, -0.2) is 0 Å². The van der Waals surface area contributed by atoms with E-state index in [4.69, 9.17) is 21.1 Å². The third-order valence-corrected chi connectivity index (χ3v) is 3.96. The first-order valence-electron chi connectivity index (χ1n) is 6.45. The minimum absolute atomic E-state index is 0.649. The summed E-state index contributed by atoms with van der Waals surface area (Å²) in [5, 5.41) is 4.00. The van der Waals surface area contributed by atoms with Gasteiger partial charge in [0.05, 0.1) is 24.4 Å². The number of hydrogen-bond donors (Lipinski definition) is 1. The van der Waals surface area contributed by atoms with Crippen molar-refractivity contribution in [1.82, 2.24) is 0 Å². The van der Waals surface area contributed by atoms with Gasteiger partial charge >= 0.3 is 0 Å². The lowest BCUT2D eigenvalue weighted by Crippen LogP contribution is -2.02. The maximum Gasteiger partial charge on any atom is 0.156 e. The fourth-order valence-corrected chi connectivity index (χ4v) is 3.12. The number of halogens is 2. The predicted octanol–water partition coefficient (Wildman–Crippen LogP) is 5.04. The van der Waals surface area contributed by atoms with Crippen LogP contribution in [0.25, 0.3) is 0 Å². The molecule has 0 aliphatic rings. The second-order valence-electron chi connectivity index (χ2n) is 4.63. The van der Waals surface area contributed by atoms with Gasteiger partial charge in [0.25, 0.3) is 0 Å². The molecule has 0 aliphatic carbocycles. The van der Waals surface area contributed by atoms with E-state index in [0.717, 1.165) is 32.8 Å². The van der Waals surface area contributed by atoms with Gasteiger partial charge < -0.3 is 14.8 Å². The van der Waals surface area contributed by atoms with Crippen LogP contribution in [0.1, 0.15) is 11.1 Å². The number of ether oxygens (including phenoxy) is 2. The quantitative estimate of drug-likeness (QED) is 0.800. The lowest BCUT2D eigenvalue weighted by atomic mass is 10.1. The number of anilines is 1. The number of benzene rings is 2. The van der Waals surface area contributed by atoms with Gasteiger partial charge in [-0.1, -0.05) is 23.7 Å². The molecule has 0 spiro atoms. The molecule has 5 heteroatoms. The molecule has 2 aromatic carbocycles. The van der Waals surface area contributed by atoms with E-state index in [-0.39, 0.29) is 0 Å². The Hall–Kier alpha value is -1.39. The average Bonchev–Trinajstić information content (AvgIpc) is 2.44. The van der Waals surface area contributed by atoms with Crippen molar-refractivity contribution >= 4 is 33.2 Å². The molecule has 0 unspecified atom stereocenters. The van der Waals surface area contributed by atoms with Gasteiger partial charge in [-0.15, -0.1) is 0 Å². The number of methoxy groups -OCH3 is 2. The zero-order valence-electron chi connectivity index (χ0n) is 12.2. The molecule has 1 N–H and O–H groups in total. The Morgan fingerprint density at radius 2 is 1.90 bits per heavy atom. The van der Waals surface area contributed by atoms with E-state index in [1.165, 1.54) is 0 Å². The summed E-state index contributed by atoms with van der Waals surface area (Å²) in [7, 11) is 3.31. The largest absolute Gasteiger partial charge is 0.496 e. The minimum Gasteiger partial charge on any atom is -0.496 e. The smallest absolute Gasteiger partial charge is 0.156 e. The van der Waals surface area contributed by atoms with Crippen molar-refractivity contribution < 1.29 is 9.47 Å². The van der Waals surface area contributed by atoms with Crippen LogP contribution in [0.3, 0.4) is 0 Å². The van der Waals surface area contributed by atoms with Crippen LogP contribution in [-0.2, 0) is 6.54 Å². The van der Waals surface area contributed by atoms with Crippen molar-refractivity contribution in [2.24, 2.45) is 0 Å². The molecule has 2 aromatic rings. The molecule has 0 amide bonds. The summed E-state index contributed by atoms with van der Waals surface area (Å²) in [5.41, 5.74) is 3.12. The van der Waals surface area contributed by atoms with E-state index in [0.29, 0.717) is 11.6 Å². The molecule has 0 saturated carbocycles. The van der Waals surface area contributed by atoms with Crippen LogP contribution < -0.4 is 14.8 Å². The molecule has 0 fully saturated rings. The molecular formula is C16H17BrClNO2. The van der Waals surface area contributed by atoms with Crippen molar-refractivity contribution in [3.05, 3.63) is 51.0 Å². The van der Waals surface area contributed by atoms with Crippen LogP contribution >= 0.6 is 27.5 Å². The SMILES string of the molecule is COc1ccc(CNc2cc(Cl)cc(Br)c2OC)cc1C. The van der Waals surface area contributed by atoms with E-state index in [1.807, 2.05) is 31.2 Å². The highest BCUT2D eigenvalue weighted by Crippen LogP contribution is 2.36. The highest BCUT2D eigenvalue weighted by molar-refractivity contribution is 9.10. The van der Waals surface area contributed by atoms with Crippen LogP contribution in [0.2, 0.25) is 5.02 Å². The molecule has 0 aromatic heterocycles. The number of rotatable bonds is 5. The van der Waals surface area contributed by atoms with Crippen LogP contribution in [-0.4, -0.2) is 14.2 Å². The van der Waals surface area contributed by atoms with E-state index in [2.05, 4.69) is 27.3 Å². The highest BCUT2D eigenvalue weighted by atomic mass is 79.9. The van der Waals surface area contributed by atoms with E-state index in [1.54, 1.807) is 14.2 Å². The Morgan fingerprint density at radius 3 is 2.52 bits per heavy atom. The van der Waals surface area contributed by atoms with Gasteiger partial charge in [-0.3, -0.25) is 0 Å². The summed E-state index contributed by atoms with van der Waals surface area (Å²) in [6.45, 7) is 2.70. The number of hydrogen-bond acceptors (Lipinski definition) is 3. The van der Waals surface area contributed by atoms with Gasteiger partial charge in [0.1, 0.15) is 5.75 Å². The molecule has 2 rings (SSSR count). The summed E-state index contributed by atoms with van der Waals surface area (Å²) in [4.78, 5) is 0. The lowest BCUT2D eigenvalue weighted by Gasteiger charge is -2.14. The monoisotopic (exact) mass is 369 g/mol. The zero-order chi connectivity index (χ0) is 15.4. The van der Waals surface area contributed by atoms with Crippen LogP contribution in [0.15, 0.2) is 34.8 Å². The van der Waals surface area contributed by atoms with Gasteiger partial charge in [-0.2, -0.15) is 0 Å². The van der Waals surface area contributed by atoms with E-state index in [9.17, 15) is 0 Å². The van der Waals surface area contributed by atoms with E-state index >= 15 is 0 Å². The van der Waals surface area contributed by atoms with Crippen molar-refractivity contribution in [2.45, 2.75) is 13.5 Å². The summed E-state index contributed by atoms with van der Waals surface area (Å²) >= 11 is 9.53. The van der Waals surface area contributed by atoms with Crippen LogP contribution in [0.4, 0.5) is 5.69 Å². The predicted molar refractivity (Wildman–Crippen MR) is 90.8 cm³/mol. The van der Waals surface area contributed by atoms with Crippen LogP contribution in [0, 0.1) is 6.92 Å². The summed E-state index contributed by atoms with van der Waals surface area (Å²) in [6.07, 6.45) is 0. The second kappa shape index (κ2) is 7.05. The highest BCUT2D eigenvalue weighted by Gasteiger charge is 2.09. The second-order valence-corrected chi connectivity index (χ2v) is 5.92. The number of nitrogens with one attached hydrogen (secondary N) is 1. The van der Waals surface area contributed by atoms with Gasteiger partial charge in [-0.05, 0) is 52.2 Å². The fraction of sp³-hybridized carbons (Fsp3) is 0.250. The molecule has 0 bridgehead atoms. The van der Waals surface area contributed by atoms with E-state index < -0.39 is 0 Å². The Balaban J connectivity index is 2.18. The molecular weight excluding hydrogens is 354 g/mol. The van der Waals surface area contributed by atoms with Gasteiger partial charge in [0.2, 0.25) is 0 Å². The third kappa shape index (κ3) is 3.83. The third-order valence-electron chi connectivity index (χ3n) is 3.15. The van der Waals surface area contributed by atoms with Crippen molar-refractivity contribution in [1.29, 1.82) is 0 Å². The zero-order valence-corrected chi connectivity index (χ0v) is 14.5. The Kier molecular flexibility index (Phi) is 5.37. The summed E-state index contributed by atoms with van der Waals surface area (Å²) in [6, 6.07) is 9.75. The summed E-state index contributed by atoms with van der Waals surface area (Å²) in [5.74, 6) is 1.63. The average molecular weight is 371 g/mol.